The highest BCUT2D eigenvalue weighted by atomic mass is 19.4. The van der Waals surface area contributed by atoms with Crippen LogP contribution in [0.3, 0.4) is 0 Å². The van der Waals surface area contributed by atoms with Crippen LogP contribution in [0.25, 0.3) is 0 Å². The normalized spacial score (nSPS) is 13.2. The van der Waals surface area contributed by atoms with Crippen molar-refractivity contribution in [3.8, 4) is 0 Å². The van der Waals surface area contributed by atoms with Gasteiger partial charge in [0.05, 0.1) is 12.7 Å². The standard InChI is InChI=1S/C12H9F7O2/c1-6-5-7(9(20)21-2)3-4-8(6)10(13,11(14,15)16)12(17,18)19/h3-5H,1-2H3. The topological polar surface area (TPSA) is 26.3 Å². The lowest BCUT2D eigenvalue weighted by atomic mass is 9.89. The zero-order chi connectivity index (χ0) is 16.6. The molecule has 0 aliphatic heterocycles. The van der Waals surface area contributed by atoms with Gasteiger partial charge < -0.3 is 4.74 Å². The molecule has 1 rings (SSSR count). The Morgan fingerprint density at radius 3 is 1.81 bits per heavy atom. The molecule has 0 atom stereocenters. The molecule has 0 aliphatic carbocycles. The van der Waals surface area contributed by atoms with E-state index in [0.717, 1.165) is 14.0 Å². The third-order valence-electron chi connectivity index (χ3n) is 2.80. The minimum Gasteiger partial charge on any atom is -0.465 e. The molecule has 0 aliphatic rings. The Hall–Kier alpha value is -1.80. The van der Waals surface area contributed by atoms with Gasteiger partial charge in [-0.3, -0.25) is 0 Å². The highest BCUT2D eigenvalue weighted by molar-refractivity contribution is 5.89. The zero-order valence-electron chi connectivity index (χ0n) is 10.7. The van der Waals surface area contributed by atoms with E-state index in [2.05, 4.69) is 4.74 Å². The van der Waals surface area contributed by atoms with Gasteiger partial charge in [0.15, 0.2) is 0 Å². The molecule has 0 unspecified atom stereocenters. The van der Waals surface area contributed by atoms with Crippen molar-refractivity contribution >= 4 is 5.97 Å². The second-order valence-electron chi connectivity index (χ2n) is 4.18. The van der Waals surface area contributed by atoms with E-state index in [1.54, 1.807) is 0 Å². The van der Waals surface area contributed by atoms with Gasteiger partial charge >= 0.3 is 24.0 Å². The van der Waals surface area contributed by atoms with Gasteiger partial charge in [0.1, 0.15) is 0 Å². The quantitative estimate of drug-likeness (QED) is 0.607. The molecular formula is C12H9F7O2. The SMILES string of the molecule is COC(=O)c1ccc(C(F)(C(F)(F)F)C(F)(F)F)c(C)c1. The molecular weight excluding hydrogens is 309 g/mol. The van der Waals surface area contributed by atoms with Crippen molar-refractivity contribution in [1.82, 2.24) is 0 Å². The average molecular weight is 318 g/mol. The summed E-state index contributed by atoms with van der Waals surface area (Å²) in [7, 11) is 0.983. The molecule has 118 valence electrons. The van der Waals surface area contributed by atoms with E-state index in [1.165, 1.54) is 0 Å². The fourth-order valence-electron chi connectivity index (χ4n) is 1.76. The van der Waals surface area contributed by atoms with Crippen molar-refractivity contribution in [1.29, 1.82) is 0 Å². The summed E-state index contributed by atoms with van der Waals surface area (Å²) in [5, 5.41) is 0. The largest absolute Gasteiger partial charge is 0.465 e. The van der Waals surface area contributed by atoms with Gasteiger partial charge in [-0.2, -0.15) is 26.3 Å². The lowest BCUT2D eigenvalue weighted by molar-refractivity contribution is -0.348. The summed E-state index contributed by atoms with van der Waals surface area (Å²) in [6, 6.07) is 1.62. The number of carbonyl (C=O) groups excluding carboxylic acids is 1. The highest BCUT2D eigenvalue weighted by Gasteiger charge is 2.73. The minimum atomic E-state index is -6.19. The Morgan fingerprint density at radius 1 is 1.00 bits per heavy atom. The van der Waals surface area contributed by atoms with Gasteiger partial charge in [-0.25, -0.2) is 9.18 Å². The third-order valence-corrected chi connectivity index (χ3v) is 2.80. The maximum Gasteiger partial charge on any atom is 0.435 e. The van der Waals surface area contributed by atoms with Gasteiger partial charge in [-0.05, 0) is 24.6 Å². The van der Waals surface area contributed by atoms with Crippen molar-refractivity contribution in [3.63, 3.8) is 0 Å². The summed E-state index contributed by atoms with van der Waals surface area (Å²) in [5.74, 6) is -0.965. The second kappa shape index (κ2) is 5.19. The summed E-state index contributed by atoms with van der Waals surface area (Å²) in [6.45, 7) is 0.841. The van der Waals surface area contributed by atoms with Gasteiger partial charge in [0.2, 0.25) is 0 Å². The monoisotopic (exact) mass is 318 g/mol. The molecule has 0 amide bonds. The van der Waals surface area contributed by atoms with Gasteiger partial charge in [0, 0.05) is 5.56 Å². The number of methoxy groups -OCH3 is 1. The Morgan fingerprint density at radius 2 is 1.48 bits per heavy atom. The van der Waals surface area contributed by atoms with Crippen molar-refractivity contribution in [2.24, 2.45) is 0 Å². The summed E-state index contributed by atoms with van der Waals surface area (Å²) < 4.78 is 93.7. The van der Waals surface area contributed by atoms with Crippen molar-refractivity contribution in [2.75, 3.05) is 7.11 Å². The average Bonchev–Trinajstić information content (AvgIpc) is 2.34. The number of alkyl halides is 7. The van der Waals surface area contributed by atoms with Gasteiger partial charge in [0.25, 0.3) is 0 Å². The molecule has 0 fully saturated rings. The number of aryl methyl sites for hydroxylation is 1. The first-order chi connectivity index (χ1) is 9.36. The van der Waals surface area contributed by atoms with Crippen LogP contribution < -0.4 is 0 Å². The van der Waals surface area contributed by atoms with Crippen LogP contribution in [0.4, 0.5) is 30.7 Å². The predicted octanol–water partition coefficient (Wildman–Crippen LogP) is 4.07. The van der Waals surface area contributed by atoms with Crippen LogP contribution in [0.15, 0.2) is 18.2 Å². The van der Waals surface area contributed by atoms with Gasteiger partial charge in [-0.1, -0.05) is 6.07 Å². The van der Waals surface area contributed by atoms with Crippen LogP contribution in [0.1, 0.15) is 21.5 Å². The van der Waals surface area contributed by atoms with Crippen LogP contribution in [-0.2, 0) is 10.4 Å². The number of ether oxygens (including phenoxy) is 1. The number of halogens is 7. The van der Waals surface area contributed by atoms with Crippen LogP contribution in [0.2, 0.25) is 0 Å². The Labute approximate surface area is 114 Å². The number of carbonyl (C=O) groups is 1. The maximum absolute atomic E-state index is 13.8. The highest BCUT2D eigenvalue weighted by Crippen LogP contribution is 2.53. The molecule has 0 N–H and O–H groups in total. The van der Waals surface area contributed by atoms with E-state index >= 15 is 0 Å². The first-order valence-corrected chi connectivity index (χ1v) is 5.38. The molecule has 1 aromatic rings. The van der Waals surface area contributed by atoms with E-state index in [4.69, 9.17) is 0 Å². The number of rotatable bonds is 2. The minimum absolute atomic E-state index is 0.280. The molecule has 1 aromatic carbocycles. The summed E-state index contributed by atoms with van der Waals surface area (Å²) >= 11 is 0. The molecule has 0 radical (unpaired) electrons. The number of hydrogen-bond donors (Lipinski definition) is 0. The van der Waals surface area contributed by atoms with Crippen molar-refractivity contribution < 1.29 is 40.3 Å². The Bertz CT molecular complexity index is 532. The van der Waals surface area contributed by atoms with E-state index < -0.39 is 35.1 Å². The third kappa shape index (κ3) is 2.81. The second-order valence-corrected chi connectivity index (χ2v) is 4.18. The number of benzene rings is 1. The molecule has 0 aromatic heterocycles. The summed E-state index contributed by atoms with van der Waals surface area (Å²) in [4.78, 5) is 11.2. The molecule has 2 nitrogen and oxygen atoms in total. The Balaban J connectivity index is 3.52. The first-order valence-electron chi connectivity index (χ1n) is 5.38. The molecule has 0 saturated heterocycles. The van der Waals surface area contributed by atoms with E-state index in [-0.39, 0.29) is 11.6 Å². The molecule has 9 heteroatoms. The number of esters is 1. The molecule has 21 heavy (non-hydrogen) atoms. The molecule has 0 bridgehead atoms. The fraction of sp³-hybridized carbons (Fsp3) is 0.417. The molecule has 0 heterocycles. The molecule has 0 spiro atoms. The van der Waals surface area contributed by atoms with Crippen LogP contribution in [0, 0.1) is 6.92 Å². The first kappa shape index (κ1) is 17.3. The van der Waals surface area contributed by atoms with Crippen LogP contribution >= 0.6 is 0 Å². The fourth-order valence-corrected chi connectivity index (χ4v) is 1.76. The van der Waals surface area contributed by atoms with Gasteiger partial charge in [-0.15, -0.1) is 0 Å². The lowest BCUT2D eigenvalue weighted by Gasteiger charge is -2.31. The van der Waals surface area contributed by atoms with Crippen LogP contribution in [0.5, 0.6) is 0 Å². The maximum atomic E-state index is 13.8. The van der Waals surface area contributed by atoms with E-state index in [0.29, 0.717) is 12.1 Å². The number of hydrogen-bond acceptors (Lipinski definition) is 2. The van der Waals surface area contributed by atoms with Crippen molar-refractivity contribution in [2.45, 2.75) is 24.9 Å². The predicted molar refractivity (Wildman–Crippen MR) is 57.4 cm³/mol. The van der Waals surface area contributed by atoms with E-state index in [9.17, 15) is 35.5 Å². The smallest absolute Gasteiger partial charge is 0.435 e. The zero-order valence-corrected chi connectivity index (χ0v) is 10.7. The Kier molecular flexibility index (Phi) is 4.27. The summed E-state index contributed by atoms with van der Waals surface area (Å²) in [5.41, 5.74) is -8.09. The lowest BCUT2D eigenvalue weighted by Crippen LogP contribution is -2.50. The van der Waals surface area contributed by atoms with E-state index in [1.807, 2.05) is 0 Å². The van der Waals surface area contributed by atoms with Crippen molar-refractivity contribution in [3.05, 3.63) is 34.9 Å². The van der Waals surface area contributed by atoms with Crippen LogP contribution in [-0.4, -0.2) is 25.4 Å². The molecule has 0 saturated carbocycles. The summed E-state index contributed by atoms with van der Waals surface area (Å²) in [6.07, 6.45) is -12.4.